The number of aromatic carboxylic acids is 1. The van der Waals surface area contributed by atoms with Gasteiger partial charge in [-0.1, -0.05) is 66.7 Å². The van der Waals surface area contributed by atoms with E-state index in [2.05, 4.69) is 15.0 Å². The van der Waals surface area contributed by atoms with Gasteiger partial charge in [0.25, 0.3) is 0 Å². The fourth-order valence-electron chi connectivity index (χ4n) is 2.78. The monoisotopic (exact) mass is 353 g/mol. The quantitative estimate of drug-likeness (QED) is 0.581. The molecule has 27 heavy (non-hydrogen) atoms. The van der Waals surface area contributed by atoms with Crippen LogP contribution in [0.3, 0.4) is 0 Å². The highest BCUT2D eigenvalue weighted by Gasteiger charge is 2.07. The predicted octanol–water partition coefficient (Wildman–Crippen LogP) is 4.57. The molecule has 1 aromatic heterocycles. The molecule has 1 heterocycles. The molecule has 0 unspecified atom stereocenters. The van der Waals surface area contributed by atoms with E-state index in [0.29, 0.717) is 11.6 Å². The largest absolute Gasteiger partial charge is 0.478 e. The van der Waals surface area contributed by atoms with Crippen LogP contribution in [0, 0.1) is 0 Å². The molecular weight excluding hydrogens is 338 g/mol. The number of rotatable bonds is 4. The van der Waals surface area contributed by atoms with Gasteiger partial charge >= 0.3 is 5.97 Å². The van der Waals surface area contributed by atoms with Gasteiger partial charge in [0.2, 0.25) is 0 Å². The van der Waals surface area contributed by atoms with Crippen molar-refractivity contribution < 1.29 is 9.90 Å². The zero-order valence-electron chi connectivity index (χ0n) is 14.3. The Morgan fingerprint density at radius 1 is 0.630 bits per heavy atom. The molecule has 4 rings (SSSR count). The highest BCUT2D eigenvalue weighted by Crippen LogP contribution is 2.24. The zero-order valence-corrected chi connectivity index (χ0v) is 14.3. The maximum Gasteiger partial charge on any atom is 0.335 e. The molecule has 0 saturated carbocycles. The van der Waals surface area contributed by atoms with Crippen molar-refractivity contribution in [3.8, 4) is 33.9 Å². The number of aromatic nitrogens is 3. The molecule has 0 bridgehead atoms. The summed E-state index contributed by atoms with van der Waals surface area (Å²) in [6, 6.07) is 24.4. The summed E-state index contributed by atoms with van der Waals surface area (Å²) in [6.07, 6.45) is 1.52. The Bertz CT molecular complexity index is 1080. The summed E-state index contributed by atoms with van der Waals surface area (Å²) in [7, 11) is 0. The minimum absolute atomic E-state index is 0.272. The highest BCUT2D eigenvalue weighted by molar-refractivity contribution is 5.88. The van der Waals surface area contributed by atoms with Gasteiger partial charge in [0.1, 0.15) is 6.33 Å². The molecule has 0 aliphatic carbocycles. The lowest BCUT2D eigenvalue weighted by Crippen LogP contribution is -1.95. The zero-order chi connectivity index (χ0) is 18.6. The minimum atomic E-state index is -0.930. The number of nitrogens with zero attached hydrogens (tertiary/aromatic N) is 3. The van der Waals surface area contributed by atoms with Crippen molar-refractivity contribution in [2.24, 2.45) is 0 Å². The molecule has 4 aromatic rings. The van der Waals surface area contributed by atoms with Crippen LogP contribution < -0.4 is 0 Å². The van der Waals surface area contributed by atoms with E-state index in [1.54, 1.807) is 24.3 Å². The molecule has 130 valence electrons. The van der Waals surface area contributed by atoms with E-state index >= 15 is 0 Å². The van der Waals surface area contributed by atoms with Gasteiger partial charge in [0.15, 0.2) is 11.6 Å². The average molecular weight is 353 g/mol. The van der Waals surface area contributed by atoms with Crippen LogP contribution in [0.5, 0.6) is 0 Å². The number of carboxylic acid groups (broad SMARTS) is 1. The van der Waals surface area contributed by atoms with E-state index < -0.39 is 5.97 Å². The number of carbonyl (C=O) groups is 1. The first-order valence-corrected chi connectivity index (χ1v) is 8.39. The molecule has 0 aliphatic rings. The fourth-order valence-corrected chi connectivity index (χ4v) is 2.78. The van der Waals surface area contributed by atoms with Crippen LogP contribution in [0.2, 0.25) is 0 Å². The third-order valence-electron chi connectivity index (χ3n) is 4.21. The molecule has 0 radical (unpaired) electrons. The van der Waals surface area contributed by atoms with Crippen molar-refractivity contribution in [3.05, 3.63) is 90.8 Å². The van der Waals surface area contributed by atoms with Crippen molar-refractivity contribution in [2.45, 2.75) is 0 Å². The van der Waals surface area contributed by atoms with Crippen molar-refractivity contribution in [1.82, 2.24) is 15.0 Å². The van der Waals surface area contributed by atoms with Gasteiger partial charge in [-0.3, -0.25) is 0 Å². The molecular formula is C22H15N3O2. The van der Waals surface area contributed by atoms with Crippen molar-refractivity contribution in [1.29, 1.82) is 0 Å². The normalized spacial score (nSPS) is 10.5. The van der Waals surface area contributed by atoms with E-state index in [1.807, 2.05) is 54.6 Å². The molecule has 5 heteroatoms. The second kappa shape index (κ2) is 7.17. The summed E-state index contributed by atoms with van der Waals surface area (Å²) in [5.41, 5.74) is 4.05. The van der Waals surface area contributed by atoms with Crippen LogP contribution in [0.15, 0.2) is 85.2 Å². The number of benzene rings is 3. The molecule has 5 nitrogen and oxygen atoms in total. The number of carboxylic acids is 1. The van der Waals surface area contributed by atoms with E-state index in [1.165, 1.54) is 6.33 Å². The molecule has 0 amide bonds. The maximum absolute atomic E-state index is 11.0. The second-order valence-electron chi connectivity index (χ2n) is 5.96. The predicted molar refractivity (Wildman–Crippen MR) is 103 cm³/mol. The first-order chi connectivity index (χ1) is 13.2. The number of hydrogen-bond acceptors (Lipinski definition) is 4. The van der Waals surface area contributed by atoms with Crippen molar-refractivity contribution in [3.63, 3.8) is 0 Å². The summed E-state index contributed by atoms with van der Waals surface area (Å²) in [4.78, 5) is 24.1. The standard InChI is InChI=1S/C22H15N3O2/c26-22(27)19-12-8-16(9-13-19)15-6-10-18(11-7-15)21-24-14-23-20(25-21)17-4-2-1-3-5-17/h1-14H,(H,26,27). The Balaban J connectivity index is 1.62. The van der Waals surface area contributed by atoms with Crippen LogP contribution in [-0.2, 0) is 0 Å². The smallest absolute Gasteiger partial charge is 0.335 e. The van der Waals surface area contributed by atoms with E-state index in [4.69, 9.17) is 5.11 Å². The number of hydrogen-bond donors (Lipinski definition) is 1. The average Bonchev–Trinajstić information content (AvgIpc) is 2.75. The summed E-state index contributed by atoms with van der Waals surface area (Å²) in [6.45, 7) is 0. The Hall–Kier alpha value is -3.86. The fraction of sp³-hybridized carbons (Fsp3) is 0. The Labute approximate surface area is 156 Å². The SMILES string of the molecule is O=C(O)c1ccc(-c2ccc(-c3ncnc(-c4ccccc4)n3)cc2)cc1. The Morgan fingerprint density at radius 2 is 1.11 bits per heavy atom. The minimum Gasteiger partial charge on any atom is -0.478 e. The van der Waals surface area contributed by atoms with Crippen LogP contribution in [0.4, 0.5) is 0 Å². The van der Waals surface area contributed by atoms with Crippen molar-refractivity contribution >= 4 is 5.97 Å². The Kier molecular flexibility index (Phi) is 4.41. The molecule has 0 aliphatic heterocycles. The van der Waals surface area contributed by atoms with Gasteiger partial charge in [-0.2, -0.15) is 0 Å². The van der Waals surface area contributed by atoms with Gasteiger partial charge in [-0.05, 0) is 23.3 Å². The van der Waals surface area contributed by atoms with E-state index in [0.717, 1.165) is 22.3 Å². The summed E-state index contributed by atoms with van der Waals surface area (Å²) >= 11 is 0. The lowest BCUT2D eigenvalue weighted by Gasteiger charge is -2.06. The lowest BCUT2D eigenvalue weighted by atomic mass is 10.0. The Morgan fingerprint density at radius 3 is 1.67 bits per heavy atom. The van der Waals surface area contributed by atoms with E-state index in [9.17, 15) is 4.79 Å². The summed E-state index contributed by atoms with van der Waals surface area (Å²) in [5.74, 6) is 0.312. The molecule has 0 fully saturated rings. The van der Waals surface area contributed by atoms with Gasteiger partial charge in [-0.25, -0.2) is 19.7 Å². The van der Waals surface area contributed by atoms with Gasteiger partial charge in [-0.15, -0.1) is 0 Å². The van der Waals surface area contributed by atoms with Crippen molar-refractivity contribution in [2.75, 3.05) is 0 Å². The van der Waals surface area contributed by atoms with Gasteiger partial charge in [0.05, 0.1) is 5.56 Å². The molecule has 1 N–H and O–H groups in total. The first-order valence-electron chi connectivity index (χ1n) is 8.39. The van der Waals surface area contributed by atoms with Crippen LogP contribution in [0.25, 0.3) is 33.9 Å². The van der Waals surface area contributed by atoms with Crippen LogP contribution >= 0.6 is 0 Å². The topological polar surface area (TPSA) is 76.0 Å². The van der Waals surface area contributed by atoms with Crippen LogP contribution in [0.1, 0.15) is 10.4 Å². The molecule has 0 spiro atoms. The molecule has 0 atom stereocenters. The first kappa shape index (κ1) is 16.6. The maximum atomic E-state index is 11.0. The summed E-state index contributed by atoms with van der Waals surface area (Å²) < 4.78 is 0. The second-order valence-corrected chi connectivity index (χ2v) is 5.96. The molecule has 0 saturated heterocycles. The van der Waals surface area contributed by atoms with Gasteiger partial charge in [0, 0.05) is 11.1 Å². The van der Waals surface area contributed by atoms with Gasteiger partial charge < -0.3 is 5.11 Å². The highest BCUT2D eigenvalue weighted by atomic mass is 16.4. The lowest BCUT2D eigenvalue weighted by molar-refractivity contribution is 0.0697. The summed E-state index contributed by atoms with van der Waals surface area (Å²) in [5, 5.41) is 8.99. The third-order valence-corrected chi connectivity index (χ3v) is 4.21. The van der Waals surface area contributed by atoms with E-state index in [-0.39, 0.29) is 5.56 Å². The molecule has 3 aromatic carbocycles. The third kappa shape index (κ3) is 3.57. The van der Waals surface area contributed by atoms with Crippen LogP contribution in [-0.4, -0.2) is 26.0 Å².